The zero-order valence-electron chi connectivity index (χ0n) is 14.2. The van der Waals surface area contributed by atoms with Crippen molar-refractivity contribution < 1.29 is 9.59 Å². The number of halogens is 2. The predicted octanol–water partition coefficient (Wildman–Crippen LogP) is 2.37. The van der Waals surface area contributed by atoms with Gasteiger partial charge in [-0.2, -0.15) is 0 Å². The summed E-state index contributed by atoms with van der Waals surface area (Å²) in [4.78, 5) is 32.1. The number of rotatable bonds is 2. The van der Waals surface area contributed by atoms with Crippen LogP contribution in [-0.2, 0) is 4.79 Å². The number of hydrogen-bond donors (Lipinski definition) is 2. The van der Waals surface area contributed by atoms with E-state index < -0.39 is 0 Å². The molecule has 1 aromatic heterocycles. The molecule has 138 valence electrons. The molecule has 2 aromatic rings. The lowest BCUT2D eigenvalue weighted by molar-refractivity contribution is -0.136. The zero-order valence-corrected chi connectivity index (χ0v) is 15.7. The first-order valence-electron chi connectivity index (χ1n) is 8.80. The minimum Gasteiger partial charge on any atom is -0.350 e. The summed E-state index contributed by atoms with van der Waals surface area (Å²) in [6.07, 6.45) is 0.899. The summed E-state index contributed by atoms with van der Waals surface area (Å²) >= 11 is 12.3. The van der Waals surface area contributed by atoms with E-state index in [4.69, 9.17) is 23.2 Å². The number of aromatic nitrogens is 1. The lowest BCUT2D eigenvalue weighted by Gasteiger charge is -2.35. The van der Waals surface area contributed by atoms with Gasteiger partial charge in [0.1, 0.15) is 5.69 Å². The van der Waals surface area contributed by atoms with E-state index in [0.29, 0.717) is 41.9 Å². The van der Waals surface area contributed by atoms with Gasteiger partial charge in [0.25, 0.3) is 5.91 Å². The van der Waals surface area contributed by atoms with E-state index in [0.717, 1.165) is 30.4 Å². The number of nitrogens with one attached hydrogen (secondary N) is 2. The number of carbonyl (C=O) groups excluding carboxylic acids is 2. The van der Waals surface area contributed by atoms with Crippen molar-refractivity contribution >= 4 is 45.9 Å². The summed E-state index contributed by atoms with van der Waals surface area (Å²) in [5, 5.41) is 4.87. The van der Waals surface area contributed by atoms with Gasteiger partial charge >= 0.3 is 0 Å². The lowest BCUT2D eigenvalue weighted by Crippen LogP contribution is -2.52. The number of H-pyrrole nitrogens is 1. The lowest BCUT2D eigenvalue weighted by atomic mass is 10.1. The summed E-state index contributed by atoms with van der Waals surface area (Å²) in [7, 11) is 0. The molecule has 2 aliphatic rings. The molecule has 2 aliphatic heterocycles. The van der Waals surface area contributed by atoms with Crippen LogP contribution in [0.5, 0.6) is 0 Å². The summed E-state index contributed by atoms with van der Waals surface area (Å²) in [6.45, 7) is 3.89. The van der Waals surface area contributed by atoms with Crippen LogP contribution >= 0.6 is 23.2 Å². The fraction of sp³-hybridized carbons (Fsp3) is 0.444. The normalized spacial score (nSPS) is 20.8. The van der Waals surface area contributed by atoms with Gasteiger partial charge in [0.05, 0.1) is 16.0 Å². The molecule has 2 amide bonds. The molecule has 2 N–H and O–H groups in total. The van der Waals surface area contributed by atoms with Crippen molar-refractivity contribution in [3.05, 3.63) is 33.9 Å². The van der Waals surface area contributed by atoms with Crippen LogP contribution in [0.15, 0.2) is 18.2 Å². The Labute approximate surface area is 161 Å². The Hall–Kier alpha value is -1.76. The highest BCUT2D eigenvalue weighted by Crippen LogP contribution is 2.31. The van der Waals surface area contributed by atoms with Crippen molar-refractivity contribution in [1.29, 1.82) is 0 Å². The van der Waals surface area contributed by atoms with E-state index in [1.54, 1.807) is 17.0 Å². The molecule has 0 spiro atoms. The van der Waals surface area contributed by atoms with E-state index in [1.807, 2.05) is 11.0 Å². The number of benzene rings is 1. The molecule has 0 radical (unpaired) electrons. The van der Waals surface area contributed by atoms with Gasteiger partial charge in [-0.25, -0.2) is 0 Å². The maximum atomic E-state index is 12.8. The van der Waals surface area contributed by atoms with Crippen molar-refractivity contribution in [3.63, 3.8) is 0 Å². The molecular weight excluding hydrogens is 375 g/mol. The minimum atomic E-state index is -0.0805. The molecule has 26 heavy (non-hydrogen) atoms. The first kappa shape index (κ1) is 17.6. The minimum absolute atomic E-state index is 0.0805. The first-order chi connectivity index (χ1) is 12.5. The molecule has 1 atom stereocenters. The summed E-state index contributed by atoms with van der Waals surface area (Å²) < 4.78 is 0. The van der Waals surface area contributed by atoms with E-state index in [1.165, 1.54) is 0 Å². The standard InChI is InChI=1S/C18H20Cl2N4O2/c19-13-1-2-14-12(16(13)20)9-15(22-14)18(26)24-7-5-23(6-8-24)17(25)11-3-4-21-10-11/h1-2,9,11,21-22H,3-8,10H2/t11-/m0/s1. The second kappa shape index (κ2) is 7.10. The van der Waals surface area contributed by atoms with Gasteiger partial charge in [0, 0.05) is 43.6 Å². The van der Waals surface area contributed by atoms with Gasteiger partial charge < -0.3 is 20.1 Å². The first-order valence-corrected chi connectivity index (χ1v) is 9.55. The second-order valence-electron chi connectivity index (χ2n) is 6.81. The van der Waals surface area contributed by atoms with Crippen molar-refractivity contribution in [2.75, 3.05) is 39.3 Å². The van der Waals surface area contributed by atoms with Crippen LogP contribution < -0.4 is 5.32 Å². The molecule has 2 fully saturated rings. The highest BCUT2D eigenvalue weighted by atomic mass is 35.5. The van der Waals surface area contributed by atoms with Crippen molar-refractivity contribution in [1.82, 2.24) is 20.1 Å². The third-order valence-electron chi connectivity index (χ3n) is 5.21. The van der Waals surface area contributed by atoms with Gasteiger partial charge in [-0.05, 0) is 31.2 Å². The van der Waals surface area contributed by atoms with E-state index in [2.05, 4.69) is 10.3 Å². The van der Waals surface area contributed by atoms with Crippen LogP contribution in [0.2, 0.25) is 10.0 Å². The Kier molecular flexibility index (Phi) is 4.82. The second-order valence-corrected chi connectivity index (χ2v) is 7.60. The average molecular weight is 395 g/mol. The van der Waals surface area contributed by atoms with Crippen molar-refractivity contribution in [3.8, 4) is 0 Å². The van der Waals surface area contributed by atoms with Crippen LogP contribution in [-0.4, -0.2) is 65.9 Å². The molecule has 2 saturated heterocycles. The van der Waals surface area contributed by atoms with Gasteiger partial charge in [0.2, 0.25) is 5.91 Å². The highest BCUT2D eigenvalue weighted by Gasteiger charge is 2.31. The largest absolute Gasteiger partial charge is 0.350 e. The Morgan fingerprint density at radius 3 is 2.50 bits per heavy atom. The highest BCUT2D eigenvalue weighted by molar-refractivity contribution is 6.45. The van der Waals surface area contributed by atoms with Crippen LogP contribution in [0.4, 0.5) is 0 Å². The molecule has 1 aromatic carbocycles. The van der Waals surface area contributed by atoms with E-state index >= 15 is 0 Å². The third-order valence-corrected chi connectivity index (χ3v) is 6.03. The maximum Gasteiger partial charge on any atom is 0.270 e. The Bertz CT molecular complexity index is 852. The fourth-order valence-electron chi connectivity index (χ4n) is 3.68. The van der Waals surface area contributed by atoms with Crippen molar-refractivity contribution in [2.45, 2.75) is 6.42 Å². The van der Waals surface area contributed by atoms with Gasteiger partial charge in [-0.15, -0.1) is 0 Å². The Balaban J connectivity index is 1.43. The molecule has 3 heterocycles. The van der Waals surface area contributed by atoms with Crippen LogP contribution in [0.1, 0.15) is 16.9 Å². The third kappa shape index (κ3) is 3.17. The number of hydrogen-bond acceptors (Lipinski definition) is 3. The quantitative estimate of drug-likeness (QED) is 0.821. The number of nitrogens with zero attached hydrogens (tertiary/aromatic N) is 2. The molecule has 0 aliphatic carbocycles. The number of carbonyl (C=O) groups is 2. The molecule has 0 saturated carbocycles. The van der Waals surface area contributed by atoms with Crippen LogP contribution in [0.3, 0.4) is 0 Å². The smallest absolute Gasteiger partial charge is 0.270 e. The summed E-state index contributed by atoms with van der Waals surface area (Å²) in [5.74, 6) is 0.204. The topological polar surface area (TPSA) is 68.4 Å². The number of aromatic amines is 1. The summed E-state index contributed by atoms with van der Waals surface area (Å²) in [6, 6.07) is 5.26. The zero-order chi connectivity index (χ0) is 18.3. The molecule has 4 rings (SSSR count). The molecule has 0 bridgehead atoms. The van der Waals surface area contributed by atoms with Gasteiger partial charge in [0.15, 0.2) is 0 Å². The molecule has 0 unspecified atom stereocenters. The van der Waals surface area contributed by atoms with Crippen LogP contribution in [0.25, 0.3) is 10.9 Å². The molecule has 8 heteroatoms. The van der Waals surface area contributed by atoms with E-state index in [-0.39, 0.29) is 17.7 Å². The van der Waals surface area contributed by atoms with Crippen molar-refractivity contribution in [2.24, 2.45) is 5.92 Å². The molecular formula is C18H20Cl2N4O2. The molecule has 6 nitrogen and oxygen atoms in total. The van der Waals surface area contributed by atoms with Crippen LogP contribution in [0, 0.1) is 5.92 Å². The summed E-state index contributed by atoms with van der Waals surface area (Å²) in [5.41, 5.74) is 1.27. The maximum absolute atomic E-state index is 12.8. The Morgan fingerprint density at radius 1 is 1.08 bits per heavy atom. The van der Waals surface area contributed by atoms with Gasteiger partial charge in [-0.1, -0.05) is 23.2 Å². The number of fused-ring (bicyclic) bond motifs is 1. The van der Waals surface area contributed by atoms with E-state index in [9.17, 15) is 9.59 Å². The number of piperazine rings is 1. The predicted molar refractivity (Wildman–Crippen MR) is 102 cm³/mol. The number of amides is 2. The van der Waals surface area contributed by atoms with Gasteiger partial charge in [-0.3, -0.25) is 9.59 Å². The fourth-order valence-corrected chi connectivity index (χ4v) is 4.07. The SMILES string of the molecule is O=C(c1cc2c(Cl)c(Cl)ccc2[nH]1)N1CCN(C(=O)[C@H]2CCNC2)CC1. The Morgan fingerprint density at radius 2 is 1.81 bits per heavy atom. The monoisotopic (exact) mass is 394 g/mol. The average Bonchev–Trinajstić information content (AvgIpc) is 3.34.